The van der Waals surface area contributed by atoms with E-state index in [0.29, 0.717) is 0 Å². The molecule has 0 unspecified atom stereocenters. The van der Waals surface area contributed by atoms with Gasteiger partial charge in [-0.05, 0) is 17.5 Å². The van der Waals surface area contributed by atoms with Crippen LogP contribution in [0.2, 0.25) is 0 Å². The van der Waals surface area contributed by atoms with Crippen LogP contribution in [0.15, 0.2) is 24.3 Å². The fourth-order valence-corrected chi connectivity index (χ4v) is 6.21. The minimum absolute atomic E-state index is 0.157. The maximum Gasteiger partial charge on any atom is 0.330 e. The van der Waals surface area contributed by atoms with Crippen molar-refractivity contribution in [2.75, 3.05) is 0 Å². The van der Waals surface area contributed by atoms with E-state index in [-0.39, 0.29) is 39.8 Å². The Hall–Kier alpha value is -1.36. The van der Waals surface area contributed by atoms with Crippen LogP contribution in [0.25, 0.3) is 0 Å². The lowest BCUT2D eigenvalue weighted by molar-refractivity contribution is 0.366. The van der Waals surface area contributed by atoms with Gasteiger partial charge < -0.3 is 49.4 Å². The van der Waals surface area contributed by atoms with Crippen molar-refractivity contribution in [1.29, 1.82) is 0 Å². The Bertz CT molecular complexity index is 1110. The third kappa shape index (κ3) is 10.3. The summed E-state index contributed by atoms with van der Waals surface area (Å²) in [6.07, 6.45) is -4.04. The lowest BCUT2D eigenvalue weighted by atomic mass is 9.97. The van der Waals surface area contributed by atoms with Crippen molar-refractivity contribution in [1.82, 2.24) is 0 Å². The van der Waals surface area contributed by atoms with Crippen molar-refractivity contribution >= 4 is 30.4 Å². The summed E-state index contributed by atoms with van der Waals surface area (Å²) >= 11 is 0. The molecule has 0 aromatic heterocycles. The van der Waals surface area contributed by atoms with Crippen molar-refractivity contribution in [3.8, 4) is 11.5 Å². The minimum atomic E-state index is -4.72. The first-order valence-corrected chi connectivity index (χ1v) is 16.7. The van der Waals surface area contributed by atoms with E-state index >= 15 is 0 Å². The summed E-state index contributed by atoms with van der Waals surface area (Å²) in [6.45, 7) is 0. The molecule has 0 aliphatic rings. The molecule has 18 heteroatoms. The number of rotatable bonds is 10. The zero-order valence-electron chi connectivity index (χ0n) is 17.7. The number of benzene rings is 2. The van der Waals surface area contributed by atoms with Crippen molar-refractivity contribution in [3.05, 3.63) is 57.6 Å². The first-order valence-electron chi connectivity index (χ1n) is 9.47. The SMILES string of the molecule is O=P(O)(O)Cc1cc(Cc2cc(CP(=O)(O)O)c(O)c(CP(=O)(O)O)c2)cc(CP(=O)(O)O)c1O. The molecule has 0 atom stereocenters. The van der Waals surface area contributed by atoms with Gasteiger partial charge in [-0.2, -0.15) is 0 Å². The second-order valence-corrected chi connectivity index (χ2v) is 14.6. The van der Waals surface area contributed by atoms with Crippen LogP contribution in [0.5, 0.6) is 11.5 Å². The van der Waals surface area contributed by atoms with E-state index in [0.717, 1.165) is 24.3 Å². The van der Waals surface area contributed by atoms with E-state index in [1.54, 1.807) is 0 Å². The Morgan fingerprint density at radius 3 is 0.829 bits per heavy atom. The highest BCUT2D eigenvalue weighted by molar-refractivity contribution is 7.51. The summed E-state index contributed by atoms with van der Waals surface area (Å²) in [6, 6.07) is 4.59. The van der Waals surface area contributed by atoms with Crippen LogP contribution in [-0.2, 0) is 49.3 Å². The van der Waals surface area contributed by atoms with E-state index in [1.807, 2.05) is 0 Å². The number of phenols is 2. The topological polar surface area (TPSA) is 271 Å². The molecule has 0 spiro atoms. The van der Waals surface area contributed by atoms with Gasteiger partial charge in [-0.15, -0.1) is 0 Å². The van der Waals surface area contributed by atoms with Crippen molar-refractivity contribution in [2.24, 2.45) is 0 Å². The molecule has 2 rings (SSSR count). The molecule has 14 nitrogen and oxygen atoms in total. The monoisotopic (exact) mass is 576 g/mol. The Kier molecular flexibility index (Phi) is 9.01. The molecule has 196 valence electrons. The summed E-state index contributed by atoms with van der Waals surface area (Å²) in [5, 5.41) is 20.6. The summed E-state index contributed by atoms with van der Waals surface area (Å²) < 4.78 is 45.9. The second-order valence-electron chi connectivity index (χ2n) is 7.99. The number of aromatic hydroxyl groups is 2. The molecule has 35 heavy (non-hydrogen) atoms. The Morgan fingerprint density at radius 1 is 0.457 bits per heavy atom. The van der Waals surface area contributed by atoms with Gasteiger partial charge in [0.1, 0.15) is 11.5 Å². The van der Waals surface area contributed by atoms with Crippen molar-refractivity contribution < 1.29 is 67.6 Å². The van der Waals surface area contributed by atoms with Crippen LogP contribution in [0.4, 0.5) is 0 Å². The molecule has 0 aliphatic heterocycles. The van der Waals surface area contributed by atoms with Gasteiger partial charge in [-0.25, -0.2) is 0 Å². The molecule has 0 heterocycles. The molecule has 0 saturated heterocycles. The molecule has 0 fully saturated rings. The van der Waals surface area contributed by atoms with Gasteiger partial charge in [0.15, 0.2) is 0 Å². The van der Waals surface area contributed by atoms with E-state index in [2.05, 4.69) is 0 Å². The van der Waals surface area contributed by atoms with Gasteiger partial charge in [0.25, 0.3) is 0 Å². The standard InChI is InChI=1S/C17H24O14P4/c18-16-12(6-32(20,21)22)2-10(3-13(16)7-33(23,24)25)1-11-4-14(8-34(26,27)28)17(19)15(5-11)9-35(29,30)31/h2-5,18-19H,1,6-9H2,(H2,20,21,22)(H2,23,24,25)(H2,26,27,28)(H2,29,30,31). The van der Waals surface area contributed by atoms with Crippen LogP contribution in [0, 0.1) is 0 Å². The van der Waals surface area contributed by atoms with Crippen LogP contribution in [0.1, 0.15) is 33.4 Å². The zero-order chi connectivity index (χ0) is 27.0. The first-order chi connectivity index (χ1) is 15.6. The smallest absolute Gasteiger partial charge is 0.330 e. The van der Waals surface area contributed by atoms with Gasteiger partial charge in [-0.3, -0.25) is 18.3 Å². The van der Waals surface area contributed by atoms with E-state index < -0.39 is 66.5 Å². The van der Waals surface area contributed by atoms with Gasteiger partial charge in [0.2, 0.25) is 0 Å². The Balaban J connectivity index is 2.65. The summed E-state index contributed by atoms with van der Waals surface area (Å²) in [7, 11) is -18.9. The lowest BCUT2D eigenvalue weighted by Crippen LogP contribution is -2.01. The molecule has 0 amide bonds. The molecule has 2 aromatic rings. The molecular weight excluding hydrogens is 552 g/mol. The van der Waals surface area contributed by atoms with E-state index in [9.17, 15) is 67.6 Å². The van der Waals surface area contributed by atoms with Crippen LogP contribution in [0.3, 0.4) is 0 Å². The van der Waals surface area contributed by atoms with Gasteiger partial charge in [0.05, 0.1) is 24.6 Å². The van der Waals surface area contributed by atoms with Crippen LogP contribution < -0.4 is 0 Å². The molecular formula is C17H24O14P4. The quantitative estimate of drug-likeness (QED) is 0.179. The molecule has 10 N–H and O–H groups in total. The highest BCUT2D eigenvalue weighted by atomic mass is 31.2. The van der Waals surface area contributed by atoms with Crippen LogP contribution >= 0.6 is 30.4 Å². The molecule has 0 saturated carbocycles. The largest absolute Gasteiger partial charge is 0.507 e. The van der Waals surface area contributed by atoms with Crippen molar-refractivity contribution in [2.45, 2.75) is 31.1 Å². The third-order valence-corrected chi connectivity index (χ3v) is 7.58. The molecule has 2 aromatic carbocycles. The Labute approximate surface area is 198 Å². The van der Waals surface area contributed by atoms with Crippen LogP contribution in [-0.4, -0.2) is 49.4 Å². The predicted octanol–water partition coefficient (Wildman–Crippen LogP) is 1.40. The van der Waals surface area contributed by atoms with Gasteiger partial charge >= 0.3 is 30.4 Å². The maximum atomic E-state index is 11.5. The van der Waals surface area contributed by atoms with Gasteiger partial charge in [-0.1, -0.05) is 24.3 Å². The number of hydrogen-bond donors (Lipinski definition) is 10. The summed E-state index contributed by atoms with van der Waals surface area (Å²) in [4.78, 5) is 74.3. The average molecular weight is 576 g/mol. The molecule has 0 bridgehead atoms. The normalized spacial score (nSPS) is 13.3. The fraction of sp³-hybridized carbons (Fsp3) is 0.294. The lowest BCUT2D eigenvalue weighted by Gasteiger charge is -2.17. The third-order valence-electron chi connectivity index (χ3n) is 4.57. The number of phenolic OH excluding ortho intramolecular Hbond substituents is 2. The highest BCUT2D eigenvalue weighted by Crippen LogP contribution is 2.48. The molecule has 0 radical (unpaired) electrons. The summed E-state index contributed by atoms with van der Waals surface area (Å²) in [5.74, 6) is -1.45. The van der Waals surface area contributed by atoms with E-state index in [1.165, 1.54) is 0 Å². The predicted molar refractivity (Wildman–Crippen MR) is 122 cm³/mol. The van der Waals surface area contributed by atoms with Crippen molar-refractivity contribution in [3.63, 3.8) is 0 Å². The van der Waals surface area contributed by atoms with E-state index in [4.69, 9.17) is 0 Å². The fourth-order valence-electron chi connectivity index (χ4n) is 3.47. The highest BCUT2D eigenvalue weighted by Gasteiger charge is 2.25. The zero-order valence-corrected chi connectivity index (χ0v) is 21.3. The average Bonchev–Trinajstić information content (AvgIpc) is 2.58. The summed E-state index contributed by atoms with van der Waals surface area (Å²) in [5.41, 5.74) is -0.949. The molecule has 0 aliphatic carbocycles. The second kappa shape index (κ2) is 10.6. The number of hydrogen-bond acceptors (Lipinski definition) is 6. The van der Waals surface area contributed by atoms with Gasteiger partial charge in [0, 0.05) is 22.3 Å². The maximum absolute atomic E-state index is 11.5. The first kappa shape index (κ1) is 29.9. The Morgan fingerprint density at radius 2 is 0.657 bits per heavy atom. The minimum Gasteiger partial charge on any atom is -0.507 e.